The van der Waals surface area contributed by atoms with Crippen LogP contribution in [0.15, 0.2) is 18.3 Å². The lowest BCUT2D eigenvalue weighted by Crippen LogP contribution is -2.42. The first kappa shape index (κ1) is 11.2. The van der Waals surface area contributed by atoms with E-state index in [4.69, 9.17) is 5.73 Å². The minimum atomic E-state index is 0.586. The van der Waals surface area contributed by atoms with Crippen LogP contribution < -0.4 is 10.6 Å². The Morgan fingerprint density at radius 3 is 2.75 bits per heavy atom. The van der Waals surface area contributed by atoms with E-state index in [1.807, 2.05) is 12.1 Å². The second-order valence-corrected chi connectivity index (χ2v) is 4.55. The van der Waals surface area contributed by atoms with E-state index in [2.05, 4.69) is 28.9 Å². The average Bonchev–Trinajstić information content (AvgIpc) is 2.30. The zero-order valence-corrected chi connectivity index (χ0v) is 10.1. The van der Waals surface area contributed by atoms with E-state index in [9.17, 15) is 0 Å². The second-order valence-electron chi connectivity index (χ2n) is 4.55. The van der Waals surface area contributed by atoms with E-state index in [-0.39, 0.29) is 0 Å². The second kappa shape index (κ2) is 4.70. The fourth-order valence-electron chi connectivity index (χ4n) is 2.29. The van der Waals surface area contributed by atoms with Gasteiger partial charge >= 0.3 is 0 Å². The summed E-state index contributed by atoms with van der Waals surface area (Å²) in [7, 11) is 4.29. The van der Waals surface area contributed by atoms with Crippen LogP contribution in [0.3, 0.4) is 0 Å². The van der Waals surface area contributed by atoms with Crippen LogP contribution in [0, 0.1) is 0 Å². The van der Waals surface area contributed by atoms with Crippen molar-refractivity contribution >= 4 is 11.5 Å². The van der Waals surface area contributed by atoms with Crippen LogP contribution in [0.2, 0.25) is 0 Å². The van der Waals surface area contributed by atoms with Crippen LogP contribution in [-0.4, -0.2) is 43.1 Å². The number of aromatic nitrogens is 1. The zero-order valence-electron chi connectivity index (χ0n) is 10.1. The third-order valence-electron chi connectivity index (χ3n) is 3.43. The van der Waals surface area contributed by atoms with Gasteiger partial charge in [0.25, 0.3) is 0 Å². The minimum Gasteiger partial charge on any atom is -0.382 e. The molecule has 4 nitrogen and oxygen atoms in total. The third-order valence-corrected chi connectivity index (χ3v) is 3.43. The van der Waals surface area contributed by atoms with Crippen molar-refractivity contribution in [2.45, 2.75) is 18.9 Å². The highest BCUT2D eigenvalue weighted by atomic mass is 15.2. The van der Waals surface area contributed by atoms with Crippen molar-refractivity contribution in [1.82, 2.24) is 9.88 Å². The predicted octanol–water partition coefficient (Wildman–Crippen LogP) is 1.19. The summed E-state index contributed by atoms with van der Waals surface area (Å²) in [6, 6.07) is 4.57. The Hall–Kier alpha value is -1.29. The van der Waals surface area contributed by atoms with Gasteiger partial charge in [-0.2, -0.15) is 0 Å². The number of nitrogens with zero attached hydrogens (tertiary/aromatic N) is 3. The molecular formula is C12H20N4. The van der Waals surface area contributed by atoms with Gasteiger partial charge in [0.05, 0.1) is 5.69 Å². The lowest BCUT2D eigenvalue weighted by atomic mass is 10.0. The largest absolute Gasteiger partial charge is 0.382 e. The van der Waals surface area contributed by atoms with E-state index < -0.39 is 0 Å². The molecule has 2 rings (SSSR count). The van der Waals surface area contributed by atoms with Crippen molar-refractivity contribution in [1.29, 1.82) is 0 Å². The van der Waals surface area contributed by atoms with Gasteiger partial charge < -0.3 is 15.5 Å². The summed E-state index contributed by atoms with van der Waals surface area (Å²) >= 11 is 0. The maximum Gasteiger partial charge on any atom is 0.146 e. The Kier molecular flexibility index (Phi) is 3.29. The number of nitrogens with two attached hydrogens (primary N) is 1. The molecule has 0 atom stereocenters. The smallest absolute Gasteiger partial charge is 0.146 e. The molecule has 0 bridgehead atoms. The molecule has 1 fully saturated rings. The van der Waals surface area contributed by atoms with E-state index >= 15 is 0 Å². The fourth-order valence-corrected chi connectivity index (χ4v) is 2.29. The van der Waals surface area contributed by atoms with Crippen molar-refractivity contribution in [2.75, 3.05) is 37.8 Å². The number of anilines is 2. The minimum absolute atomic E-state index is 0.586. The molecule has 0 amide bonds. The molecule has 0 spiro atoms. The summed E-state index contributed by atoms with van der Waals surface area (Å²) in [5.41, 5.74) is 6.95. The molecule has 4 heteroatoms. The van der Waals surface area contributed by atoms with Crippen molar-refractivity contribution < 1.29 is 0 Å². The van der Waals surface area contributed by atoms with Crippen molar-refractivity contribution in [3.63, 3.8) is 0 Å². The first-order valence-corrected chi connectivity index (χ1v) is 5.80. The molecule has 1 saturated heterocycles. The third kappa shape index (κ3) is 2.27. The number of rotatable bonds is 2. The summed E-state index contributed by atoms with van der Waals surface area (Å²) < 4.78 is 0. The van der Waals surface area contributed by atoms with Gasteiger partial charge in [0.2, 0.25) is 0 Å². The van der Waals surface area contributed by atoms with Crippen LogP contribution in [0.4, 0.5) is 11.5 Å². The van der Waals surface area contributed by atoms with Crippen LogP contribution in [-0.2, 0) is 0 Å². The van der Waals surface area contributed by atoms with Gasteiger partial charge in [-0.3, -0.25) is 0 Å². The molecule has 1 aromatic heterocycles. The fraction of sp³-hybridized carbons (Fsp3) is 0.583. The summed E-state index contributed by atoms with van der Waals surface area (Å²) in [6.07, 6.45) is 4.13. The highest BCUT2D eigenvalue weighted by Gasteiger charge is 2.21. The lowest BCUT2D eigenvalue weighted by Gasteiger charge is -2.36. The molecule has 1 aliphatic heterocycles. The zero-order chi connectivity index (χ0) is 11.5. The number of piperidine rings is 1. The summed E-state index contributed by atoms with van der Waals surface area (Å²) in [4.78, 5) is 8.78. The van der Waals surface area contributed by atoms with Crippen molar-refractivity contribution in [2.24, 2.45) is 0 Å². The van der Waals surface area contributed by atoms with E-state index in [1.54, 1.807) is 6.20 Å². The van der Waals surface area contributed by atoms with Crippen molar-refractivity contribution in [3.8, 4) is 0 Å². The van der Waals surface area contributed by atoms with E-state index in [1.165, 1.54) is 12.8 Å². The predicted molar refractivity (Wildman–Crippen MR) is 67.6 cm³/mol. The van der Waals surface area contributed by atoms with Crippen LogP contribution in [0.5, 0.6) is 0 Å². The van der Waals surface area contributed by atoms with Crippen LogP contribution in [0.25, 0.3) is 0 Å². The number of hydrogen-bond donors (Lipinski definition) is 1. The Morgan fingerprint density at radius 1 is 1.44 bits per heavy atom. The molecule has 2 heterocycles. The Balaban J connectivity index is 2.07. The number of likely N-dealkylation sites (tertiary alicyclic amines) is 1. The molecule has 0 saturated carbocycles. The molecule has 0 unspecified atom stereocenters. The topological polar surface area (TPSA) is 45.4 Å². The van der Waals surface area contributed by atoms with Gasteiger partial charge in [-0.15, -0.1) is 0 Å². The highest BCUT2D eigenvalue weighted by molar-refractivity contribution is 5.63. The Bertz CT molecular complexity index is 345. The molecule has 0 aliphatic carbocycles. The summed E-state index contributed by atoms with van der Waals surface area (Å²) in [5.74, 6) is 0.629. The monoisotopic (exact) mass is 220 g/mol. The Morgan fingerprint density at radius 2 is 2.12 bits per heavy atom. The van der Waals surface area contributed by atoms with Gasteiger partial charge in [0.15, 0.2) is 0 Å². The van der Waals surface area contributed by atoms with Crippen LogP contribution in [0.1, 0.15) is 12.8 Å². The van der Waals surface area contributed by atoms with Gasteiger partial charge in [-0.1, -0.05) is 0 Å². The van der Waals surface area contributed by atoms with Gasteiger partial charge in [-0.05, 0) is 45.1 Å². The maximum absolute atomic E-state index is 5.89. The molecule has 16 heavy (non-hydrogen) atoms. The molecule has 1 aliphatic rings. The van der Waals surface area contributed by atoms with Crippen molar-refractivity contribution in [3.05, 3.63) is 18.3 Å². The first-order chi connectivity index (χ1) is 7.68. The highest BCUT2D eigenvalue weighted by Crippen LogP contribution is 2.24. The maximum atomic E-state index is 5.89. The molecule has 0 radical (unpaired) electrons. The van der Waals surface area contributed by atoms with Gasteiger partial charge in [0, 0.05) is 19.3 Å². The summed E-state index contributed by atoms with van der Waals surface area (Å²) in [6.45, 7) is 2.32. The first-order valence-electron chi connectivity index (χ1n) is 5.80. The Labute approximate surface area is 97.1 Å². The standard InChI is InChI=1S/C12H20N4/c1-15-8-5-10(6-9-15)16(2)11-4-3-7-14-12(11)13/h3-4,7,10H,5-6,8-9H2,1-2H3,(H2,13,14). The number of pyridine rings is 1. The molecule has 1 aromatic rings. The van der Waals surface area contributed by atoms with Gasteiger partial charge in [0.1, 0.15) is 5.82 Å². The van der Waals surface area contributed by atoms with E-state index in [0.717, 1.165) is 18.8 Å². The average molecular weight is 220 g/mol. The number of hydrogen-bond acceptors (Lipinski definition) is 4. The molecule has 0 aromatic carbocycles. The normalized spacial score (nSPS) is 18.6. The molecular weight excluding hydrogens is 200 g/mol. The molecule has 88 valence electrons. The van der Waals surface area contributed by atoms with E-state index in [0.29, 0.717) is 11.9 Å². The van der Waals surface area contributed by atoms with Gasteiger partial charge in [-0.25, -0.2) is 4.98 Å². The molecule has 2 N–H and O–H groups in total. The lowest BCUT2D eigenvalue weighted by molar-refractivity contribution is 0.253. The SMILES string of the molecule is CN1CCC(N(C)c2cccnc2N)CC1. The quantitative estimate of drug-likeness (QED) is 0.813. The summed E-state index contributed by atoms with van der Waals surface area (Å²) in [5, 5.41) is 0. The number of nitrogen functional groups attached to an aromatic ring is 1. The van der Waals surface area contributed by atoms with Crippen LogP contribution >= 0.6 is 0 Å².